The van der Waals surface area contributed by atoms with E-state index in [-0.39, 0.29) is 23.5 Å². The van der Waals surface area contributed by atoms with Gasteiger partial charge in [0.15, 0.2) is 0 Å². The van der Waals surface area contributed by atoms with E-state index < -0.39 is 6.09 Å². The first-order chi connectivity index (χ1) is 11.1. The molecular weight excluding hydrogens is 351 g/mol. The van der Waals surface area contributed by atoms with Crippen LogP contribution in [0.2, 0.25) is 10.0 Å². The van der Waals surface area contributed by atoms with E-state index >= 15 is 0 Å². The molecule has 1 fully saturated rings. The molecule has 134 valence electrons. The molecule has 0 bridgehead atoms. The maximum absolute atomic E-state index is 11.6. The molecule has 3 unspecified atom stereocenters. The number of benzene rings is 1. The molecule has 0 aliphatic carbocycles. The number of carboxylic acid groups (broad SMARTS) is 1. The lowest BCUT2D eigenvalue weighted by Gasteiger charge is -2.34. The molecule has 1 aliphatic rings. The standard InChI is InChI=1S/C17H24Cl2N2O3/c1-17(2,3)14-9-21(16(22)23)8-11(7-20)15(24-14)10-4-5-12(18)13(19)6-10/h4-6,11,14-15H,7-9,20H2,1-3H3,(H,22,23). The number of nitrogens with two attached hydrogens (primary N) is 1. The summed E-state index contributed by atoms with van der Waals surface area (Å²) < 4.78 is 6.35. The van der Waals surface area contributed by atoms with Crippen LogP contribution in [-0.2, 0) is 4.74 Å². The highest BCUT2D eigenvalue weighted by atomic mass is 35.5. The Bertz CT molecular complexity index is 604. The number of rotatable bonds is 2. The van der Waals surface area contributed by atoms with E-state index in [0.717, 1.165) is 5.56 Å². The number of nitrogens with zero attached hydrogens (tertiary/aromatic N) is 1. The van der Waals surface area contributed by atoms with Gasteiger partial charge in [-0.05, 0) is 29.7 Å². The lowest BCUT2D eigenvalue weighted by atomic mass is 9.88. The fraction of sp³-hybridized carbons (Fsp3) is 0.588. The SMILES string of the molecule is CC(C)(C)C1CN(C(=O)O)CC(CN)C(c2ccc(Cl)c(Cl)c2)O1. The molecule has 0 aromatic heterocycles. The quantitative estimate of drug-likeness (QED) is 0.818. The van der Waals surface area contributed by atoms with Gasteiger partial charge in [0, 0.05) is 12.5 Å². The number of ether oxygens (including phenoxy) is 1. The molecule has 1 aromatic carbocycles. The zero-order chi connectivity index (χ0) is 18.1. The van der Waals surface area contributed by atoms with E-state index in [1.807, 2.05) is 26.8 Å². The molecule has 7 heteroatoms. The van der Waals surface area contributed by atoms with Gasteiger partial charge >= 0.3 is 6.09 Å². The van der Waals surface area contributed by atoms with Crippen molar-refractivity contribution in [2.75, 3.05) is 19.6 Å². The predicted octanol–water partition coefficient (Wildman–Crippen LogP) is 4.03. The minimum absolute atomic E-state index is 0.161. The van der Waals surface area contributed by atoms with Gasteiger partial charge in [0.2, 0.25) is 0 Å². The Labute approximate surface area is 152 Å². The predicted molar refractivity (Wildman–Crippen MR) is 95.7 cm³/mol. The summed E-state index contributed by atoms with van der Waals surface area (Å²) in [6, 6.07) is 5.35. The second-order valence-corrected chi connectivity index (χ2v) is 8.08. The highest BCUT2D eigenvalue weighted by Gasteiger charge is 2.39. The second kappa shape index (κ2) is 7.48. The van der Waals surface area contributed by atoms with E-state index in [1.54, 1.807) is 12.1 Å². The van der Waals surface area contributed by atoms with Crippen LogP contribution < -0.4 is 5.73 Å². The molecule has 24 heavy (non-hydrogen) atoms. The van der Waals surface area contributed by atoms with E-state index in [4.69, 9.17) is 33.7 Å². The summed E-state index contributed by atoms with van der Waals surface area (Å²) in [6.07, 6.45) is -1.55. The van der Waals surface area contributed by atoms with Crippen LogP contribution in [0.5, 0.6) is 0 Å². The van der Waals surface area contributed by atoms with Gasteiger partial charge in [-0.25, -0.2) is 4.79 Å². The first-order valence-electron chi connectivity index (χ1n) is 7.91. The van der Waals surface area contributed by atoms with Crippen molar-refractivity contribution < 1.29 is 14.6 Å². The van der Waals surface area contributed by atoms with Gasteiger partial charge in [0.25, 0.3) is 0 Å². The van der Waals surface area contributed by atoms with Crippen molar-refractivity contribution in [3.05, 3.63) is 33.8 Å². The average Bonchev–Trinajstić information content (AvgIpc) is 2.69. The van der Waals surface area contributed by atoms with Gasteiger partial charge in [0.05, 0.1) is 28.8 Å². The molecule has 3 N–H and O–H groups in total. The van der Waals surface area contributed by atoms with E-state index in [0.29, 0.717) is 29.7 Å². The average molecular weight is 375 g/mol. The van der Waals surface area contributed by atoms with E-state index in [9.17, 15) is 9.90 Å². The van der Waals surface area contributed by atoms with Crippen molar-refractivity contribution in [3.63, 3.8) is 0 Å². The van der Waals surface area contributed by atoms with Gasteiger partial charge in [-0.2, -0.15) is 0 Å². The zero-order valence-corrected chi connectivity index (χ0v) is 15.6. The smallest absolute Gasteiger partial charge is 0.407 e. The van der Waals surface area contributed by atoms with Crippen LogP contribution in [0.1, 0.15) is 32.4 Å². The molecule has 1 aromatic rings. The van der Waals surface area contributed by atoms with Crippen LogP contribution in [0.15, 0.2) is 18.2 Å². The molecule has 1 amide bonds. The van der Waals surface area contributed by atoms with Crippen molar-refractivity contribution in [1.29, 1.82) is 0 Å². The third-order valence-corrected chi connectivity index (χ3v) is 5.13. The summed E-state index contributed by atoms with van der Waals surface area (Å²) >= 11 is 12.2. The van der Waals surface area contributed by atoms with Crippen molar-refractivity contribution in [2.45, 2.75) is 33.0 Å². The van der Waals surface area contributed by atoms with Crippen LogP contribution in [0.3, 0.4) is 0 Å². The Morgan fingerprint density at radius 1 is 1.33 bits per heavy atom. The summed E-state index contributed by atoms with van der Waals surface area (Å²) in [5.41, 5.74) is 6.57. The fourth-order valence-corrected chi connectivity index (χ4v) is 3.16. The highest BCUT2D eigenvalue weighted by molar-refractivity contribution is 6.42. The zero-order valence-electron chi connectivity index (χ0n) is 14.1. The topological polar surface area (TPSA) is 75.8 Å². The van der Waals surface area contributed by atoms with Crippen molar-refractivity contribution in [2.24, 2.45) is 17.1 Å². The van der Waals surface area contributed by atoms with E-state index in [2.05, 4.69) is 0 Å². The van der Waals surface area contributed by atoms with Crippen LogP contribution in [0.25, 0.3) is 0 Å². The lowest BCUT2D eigenvalue weighted by Crippen LogP contribution is -2.42. The van der Waals surface area contributed by atoms with Crippen LogP contribution in [-0.4, -0.2) is 41.8 Å². The van der Waals surface area contributed by atoms with Gasteiger partial charge in [0.1, 0.15) is 0 Å². The monoisotopic (exact) mass is 374 g/mol. The number of halogens is 2. The Balaban J connectivity index is 2.42. The first kappa shape index (κ1) is 19.3. The molecule has 5 nitrogen and oxygen atoms in total. The summed E-state index contributed by atoms with van der Waals surface area (Å²) in [7, 11) is 0. The minimum atomic E-state index is -0.957. The third kappa shape index (κ3) is 4.33. The van der Waals surface area contributed by atoms with Gasteiger partial charge < -0.3 is 20.5 Å². The molecule has 1 saturated heterocycles. The Hall–Kier alpha value is -1.01. The van der Waals surface area contributed by atoms with Gasteiger partial charge in [-0.1, -0.05) is 50.0 Å². The van der Waals surface area contributed by atoms with Crippen LogP contribution in [0.4, 0.5) is 4.79 Å². The maximum atomic E-state index is 11.6. The minimum Gasteiger partial charge on any atom is -0.465 e. The number of hydrogen-bond acceptors (Lipinski definition) is 3. The summed E-state index contributed by atoms with van der Waals surface area (Å²) in [4.78, 5) is 13.0. The van der Waals surface area contributed by atoms with Gasteiger partial charge in [-0.3, -0.25) is 0 Å². The van der Waals surface area contributed by atoms with E-state index in [1.165, 1.54) is 4.90 Å². The second-order valence-electron chi connectivity index (χ2n) is 7.27. The summed E-state index contributed by atoms with van der Waals surface area (Å²) in [5.74, 6) is -0.161. The molecule has 0 spiro atoms. The molecule has 0 radical (unpaired) electrons. The number of carbonyl (C=O) groups is 1. The Morgan fingerprint density at radius 3 is 2.50 bits per heavy atom. The lowest BCUT2D eigenvalue weighted by molar-refractivity contribution is -0.0757. The molecular formula is C17H24Cl2N2O3. The first-order valence-corrected chi connectivity index (χ1v) is 8.67. The normalized spacial score (nSPS) is 25.4. The molecule has 3 atom stereocenters. The summed E-state index contributed by atoms with van der Waals surface area (Å²) in [6.45, 7) is 7.05. The molecule has 1 aliphatic heterocycles. The van der Waals surface area contributed by atoms with Crippen molar-refractivity contribution >= 4 is 29.3 Å². The Morgan fingerprint density at radius 2 is 2.00 bits per heavy atom. The van der Waals surface area contributed by atoms with Crippen molar-refractivity contribution in [3.8, 4) is 0 Å². The van der Waals surface area contributed by atoms with Gasteiger partial charge in [-0.15, -0.1) is 0 Å². The largest absolute Gasteiger partial charge is 0.465 e. The Kier molecular flexibility index (Phi) is 6.02. The molecule has 1 heterocycles. The molecule has 0 saturated carbocycles. The van der Waals surface area contributed by atoms with Crippen LogP contribution in [0, 0.1) is 11.3 Å². The molecule has 2 rings (SSSR count). The van der Waals surface area contributed by atoms with Crippen molar-refractivity contribution in [1.82, 2.24) is 4.90 Å². The third-order valence-electron chi connectivity index (χ3n) is 4.39. The summed E-state index contributed by atoms with van der Waals surface area (Å²) in [5, 5.41) is 10.4. The number of hydrogen-bond donors (Lipinski definition) is 2. The fourth-order valence-electron chi connectivity index (χ4n) is 2.86. The highest BCUT2D eigenvalue weighted by Crippen LogP contribution is 2.38. The maximum Gasteiger partial charge on any atom is 0.407 e. The van der Waals surface area contributed by atoms with Crippen LogP contribution >= 0.6 is 23.2 Å². The number of amides is 1.